The fourth-order valence-electron chi connectivity index (χ4n) is 3.47. The standard InChI is InChI=1S/C15H20N6OS/c1-11-3-4-13(19-18-11)17-12-7-15(22-8-12)5-2-6-21(9-15)14-20-16-10-23-14/h3-4,10,12H,2,5-9H2,1H3,(H,17,19). The van der Waals surface area contributed by atoms with E-state index in [1.54, 1.807) is 16.8 Å². The van der Waals surface area contributed by atoms with Crippen LogP contribution in [0.25, 0.3) is 0 Å². The maximum absolute atomic E-state index is 6.22. The summed E-state index contributed by atoms with van der Waals surface area (Å²) < 4.78 is 6.22. The molecule has 2 aromatic rings. The third kappa shape index (κ3) is 3.13. The molecular weight excluding hydrogens is 312 g/mol. The fraction of sp³-hybridized carbons (Fsp3) is 0.600. The van der Waals surface area contributed by atoms with E-state index in [9.17, 15) is 0 Å². The third-order valence-corrected chi connectivity index (χ3v) is 5.27. The van der Waals surface area contributed by atoms with Crippen LogP contribution in [0.5, 0.6) is 0 Å². The van der Waals surface area contributed by atoms with Gasteiger partial charge in [0.15, 0.2) is 0 Å². The number of piperidine rings is 1. The molecule has 0 amide bonds. The van der Waals surface area contributed by atoms with Crippen molar-refractivity contribution in [2.45, 2.75) is 37.8 Å². The molecule has 2 unspecified atom stereocenters. The molecule has 2 aliphatic rings. The zero-order valence-corrected chi connectivity index (χ0v) is 13.9. The van der Waals surface area contributed by atoms with Crippen molar-refractivity contribution in [3.63, 3.8) is 0 Å². The number of rotatable bonds is 3. The minimum atomic E-state index is -0.0836. The summed E-state index contributed by atoms with van der Waals surface area (Å²) in [5.74, 6) is 0.818. The summed E-state index contributed by atoms with van der Waals surface area (Å²) in [7, 11) is 0. The molecule has 1 N–H and O–H groups in total. The van der Waals surface area contributed by atoms with Crippen LogP contribution >= 0.6 is 11.3 Å². The quantitative estimate of drug-likeness (QED) is 0.919. The Hall–Kier alpha value is -1.80. The number of aromatic nitrogens is 4. The normalized spacial score (nSPS) is 27.5. The van der Waals surface area contributed by atoms with Gasteiger partial charge in [0.1, 0.15) is 11.3 Å². The summed E-state index contributed by atoms with van der Waals surface area (Å²) in [5, 5.41) is 20.9. The first kappa shape index (κ1) is 14.8. The van der Waals surface area contributed by atoms with Gasteiger partial charge in [-0.1, -0.05) is 11.3 Å². The number of hydrogen-bond donors (Lipinski definition) is 1. The average molecular weight is 332 g/mol. The first-order valence-corrected chi connectivity index (χ1v) is 8.82. The highest BCUT2D eigenvalue weighted by Crippen LogP contribution is 2.37. The molecule has 4 heterocycles. The molecule has 0 saturated carbocycles. The van der Waals surface area contributed by atoms with Crippen molar-refractivity contribution < 1.29 is 4.74 Å². The predicted molar refractivity (Wildman–Crippen MR) is 88.8 cm³/mol. The smallest absolute Gasteiger partial charge is 0.208 e. The van der Waals surface area contributed by atoms with Crippen molar-refractivity contribution in [1.29, 1.82) is 0 Å². The van der Waals surface area contributed by atoms with Crippen molar-refractivity contribution in [3.05, 3.63) is 23.3 Å². The Bertz CT molecular complexity index is 648. The van der Waals surface area contributed by atoms with Crippen LogP contribution in [0.15, 0.2) is 17.6 Å². The number of hydrogen-bond acceptors (Lipinski definition) is 8. The van der Waals surface area contributed by atoms with Gasteiger partial charge in [-0.25, -0.2) is 0 Å². The molecule has 122 valence electrons. The van der Waals surface area contributed by atoms with E-state index >= 15 is 0 Å². The third-order valence-electron chi connectivity index (χ3n) is 4.52. The largest absolute Gasteiger partial charge is 0.371 e. The second kappa shape index (κ2) is 6.01. The zero-order valence-electron chi connectivity index (χ0n) is 13.1. The molecule has 23 heavy (non-hydrogen) atoms. The van der Waals surface area contributed by atoms with E-state index in [2.05, 4.69) is 30.6 Å². The molecule has 2 aliphatic heterocycles. The lowest BCUT2D eigenvalue weighted by Crippen LogP contribution is -2.48. The second-order valence-electron chi connectivity index (χ2n) is 6.35. The lowest BCUT2D eigenvalue weighted by Gasteiger charge is -2.39. The number of ether oxygens (including phenoxy) is 1. The molecule has 0 radical (unpaired) electrons. The van der Waals surface area contributed by atoms with Crippen molar-refractivity contribution in [3.8, 4) is 0 Å². The van der Waals surface area contributed by atoms with Crippen LogP contribution in [-0.2, 0) is 4.74 Å². The van der Waals surface area contributed by atoms with Gasteiger partial charge in [0.05, 0.1) is 23.9 Å². The van der Waals surface area contributed by atoms with Crippen LogP contribution in [0.3, 0.4) is 0 Å². The molecule has 2 atom stereocenters. The maximum atomic E-state index is 6.22. The highest BCUT2D eigenvalue weighted by Gasteiger charge is 2.44. The van der Waals surface area contributed by atoms with Crippen molar-refractivity contribution >= 4 is 22.3 Å². The van der Waals surface area contributed by atoms with Crippen LogP contribution in [0.2, 0.25) is 0 Å². The number of nitrogens with one attached hydrogen (secondary N) is 1. The highest BCUT2D eigenvalue weighted by molar-refractivity contribution is 7.13. The lowest BCUT2D eigenvalue weighted by molar-refractivity contribution is -0.00638. The Morgan fingerprint density at radius 3 is 3.09 bits per heavy atom. The highest BCUT2D eigenvalue weighted by atomic mass is 32.1. The lowest BCUT2D eigenvalue weighted by atomic mass is 9.89. The van der Waals surface area contributed by atoms with Crippen LogP contribution in [0, 0.1) is 6.92 Å². The summed E-state index contributed by atoms with van der Waals surface area (Å²) >= 11 is 1.59. The molecule has 2 saturated heterocycles. The Balaban J connectivity index is 1.41. The van der Waals surface area contributed by atoms with Crippen molar-refractivity contribution in [2.75, 3.05) is 29.9 Å². The molecular formula is C15H20N6OS. The molecule has 8 heteroatoms. The molecule has 2 aromatic heterocycles. The van der Waals surface area contributed by atoms with Crippen molar-refractivity contribution in [2.24, 2.45) is 0 Å². The van der Waals surface area contributed by atoms with E-state index in [0.717, 1.165) is 49.0 Å². The average Bonchev–Trinajstić information content (AvgIpc) is 3.21. The van der Waals surface area contributed by atoms with Crippen LogP contribution < -0.4 is 10.2 Å². The van der Waals surface area contributed by atoms with Crippen LogP contribution in [0.4, 0.5) is 10.9 Å². The van der Waals surface area contributed by atoms with Crippen LogP contribution in [-0.4, -0.2) is 51.7 Å². The van der Waals surface area contributed by atoms with Gasteiger partial charge >= 0.3 is 0 Å². The van der Waals surface area contributed by atoms with Gasteiger partial charge in [-0.3, -0.25) is 0 Å². The van der Waals surface area contributed by atoms with E-state index in [4.69, 9.17) is 4.74 Å². The van der Waals surface area contributed by atoms with E-state index in [1.807, 2.05) is 19.1 Å². The summed E-state index contributed by atoms with van der Waals surface area (Å²) in [6, 6.07) is 4.22. The van der Waals surface area contributed by atoms with Crippen LogP contribution in [0.1, 0.15) is 25.0 Å². The summed E-state index contributed by atoms with van der Waals surface area (Å²) in [5.41, 5.74) is 2.63. The van der Waals surface area contributed by atoms with E-state index in [-0.39, 0.29) is 11.6 Å². The molecule has 2 fully saturated rings. The summed E-state index contributed by atoms with van der Waals surface area (Å²) in [6.45, 7) is 4.57. The molecule has 0 bridgehead atoms. The molecule has 4 rings (SSSR count). The Morgan fingerprint density at radius 1 is 1.35 bits per heavy atom. The topological polar surface area (TPSA) is 76.1 Å². The molecule has 0 aromatic carbocycles. The Kier molecular flexibility index (Phi) is 3.86. The second-order valence-corrected chi connectivity index (χ2v) is 7.16. The van der Waals surface area contributed by atoms with E-state index < -0.39 is 0 Å². The number of aryl methyl sites for hydroxylation is 1. The van der Waals surface area contributed by atoms with Gasteiger partial charge in [0.25, 0.3) is 0 Å². The Labute approximate surface area is 139 Å². The van der Waals surface area contributed by atoms with Gasteiger partial charge < -0.3 is 15.0 Å². The molecule has 7 nitrogen and oxygen atoms in total. The minimum absolute atomic E-state index is 0.0836. The first-order chi connectivity index (χ1) is 11.2. The zero-order chi connectivity index (χ0) is 15.7. The molecule has 0 aliphatic carbocycles. The van der Waals surface area contributed by atoms with Gasteiger partial charge in [-0.05, 0) is 31.9 Å². The summed E-state index contributed by atoms with van der Waals surface area (Å²) in [6.07, 6.45) is 3.20. The SMILES string of the molecule is Cc1ccc(NC2COC3(CCCN(c4nncs4)C3)C2)nn1. The Morgan fingerprint density at radius 2 is 2.30 bits per heavy atom. The minimum Gasteiger partial charge on any atom is -0.371 e. The van der Waals surface area contributed by atoms with Crippen molar-refractivity contribution in [1.82, 2.24) is 20.4 Å². The number of anilines is 2. The van der Waals surface area contributed by atoms with Gasteiger partial charge in [0.2, 0.25) is 5.13 Å². The summed E-state index contributed by atoms with van der Waals surface area (Å²) in [4.78, 5) is 2.30. The monoisotopic (exact) mass is 332 g/mol. The van der Waals surface area contributed by atoms with Gasteiger partial charge in [-0.15, -0.1) is 15.3 Å². The fourth-order valence-corrected chi connectivity index (χ4v) is 4.06. The predicted octanol–water partition coefficient (Wildman–Crippen LogP) is 1.88. The van der Waals surface area contributed by atoms with E-state index in [1.165, 1.54) is 0 Å². The van der Waals surface area contributed by atoms with Gasteiger partial charge in [-0.2, -0.15) is 5.10 Å². The van der Waals surface area contributed by atoms with E-state index in [0.29, 0.717) is 6.61 Å². The number of nitrogens with zero attached hydrogens (tertiary/aromatic N) is 5. The maximum Gasteiger partial charge on any atom is 0.208 e. The van der Waals surface area contributed by atoms with Gasteiger partial charge in [0, 0.05) is 19.5 Å². The molecule has 1 spiro atoms. The first-order valence-electron chi connectivity index (χ1n) is 7.94.